The summed E-state index contributed by atoms with van der Waals surface area (Å²) in [6.07, 6.45) is 2.75. The summed E-state index contributed by atoms with van der Waals surface area (Å²) in [7, 11) is 2.58. The highest BCUT2D eigenvalue weighted by molar-refractivity contribution is 5.96. The van der Waals surface area contributed by atoms with E-state index in [1.165, 1.54) is 38.8 Å². The zero-order valence-electron chi connectivity index (χ0n) is 18.7. The molecule has 35 heavy (non-hydrogen) atoms. The monoisotopic (exact) mass is 476 g/mol. The summed E-state index contributed by atoms with van der Waals surface area (Å²) in [4.78, 5) is 47.2. The Kier molecular flexibility index (Phi) is 8.22. The molecule has 0 spiro atoms. The van der Waals surface area contributed by atoms with Gasteiger partial charge in [-0.05, 0) is 47.5 Å². The van der Waals surface area contributed by atoms with Crippen LogP contribution in [0.4, 0.5) is 0 Å². The molecule has 2 N–H and O–H groups in total. The molecule has 0 aliphatic carbocycles. The molecule has 0 aliphatic heterocycles. The lowest BCUT2D eigenvalue weighted by atomic mass is 10.1. The normalized spacial score (nSPS) is 10.8. The number of hydrazone groups is 2. The van der Waals surface area contributed by atoms with Crippen molar-refractivity contribution in [2.45, 2.75) is 0 Å². The average molecular weight is 476 g/mol. The van der Waals surface area contributed by atoms with Crippen LogP contribution >= 0.6 is 0 Å². The van der Waals surface area contributed by atoms with Crippen LogP contribution in [0.1, 0.15) is 53.0 Å². The van der Waals surface area contributed by atoms with Crippen LogP contribution in [-0.4, -0.2) is 50.4 Å². The minimum atomic E-state index is -0.666. The van der Waals surface area contributed by atoms with E-state index in [9.17, 15) is 19.2 Å². The molecule has 0 aliphatic rings. The maximum absolute atomic E-state index is 12.2. The summed E-state index contributed by atoms with van der Waals surface area (Å²) in [6.45, 7) is 0. The SMILES string of the molecule is COC(=O)c1ccc(/C=N/NC(=O)c2ccc(C(=O)N/N=C/c3ccc(C(=O)OC)cc3)o2)cc1. The van der Waals surface area contributed by atoms with Crippen LogP contribution in [0.3, 0.4) is 0 Å². The van der Waals surface area contributed by atoms with Crippen LogP contribution in [0.2, 0.25) is 0 Å². The lowest BCUT2D eigenvalue weighted by Crippen LogP contribution is -2.18. The number of nitrogens with zero attached hydrogens (tertiary/aromatic N) is 2. The molecule has 1 heterocycles. The third-order valence-corrected chi connectivity index (χ3v) is 4.48. The lowest BCUT2D eigenvalue weighted by Gasteiger charge is -2.00. The first-order valence-corrected chi connectivity index (χ1v) is 10.0. The van der Waals surface area contributed by atoms with Gasteiger partial charge in [0.15, 0.2) is 11.5 Å². The minimum Gasteiger partial charge on any atom is -0.465 e. The molecule has 11 heteroatoms. The molecule has 0 bridgehead atoms. The second kappa shape index (κ2) is 11.7. The van der Waals surface area contributed by atoms with E-state index in [1.807, 2.05) is 0 Å². The topological polar surface area (TPSA) is 149 Å². The Morgan fingerprint density at radius 1 is 0.657 bits per heavy atom. The van der Waals surface area contributed by atoms with Crippen molar-refractivity contribution < 1.29 is 33.1 Å². The number of nitrogens with one attached hydrogen (secondary N) is 2. The van der Waals surface area contributed by atoms with Crippen LogP contribution in [0, 0.1) is 0 Å². The molecule has 0 radical (unpaired) electrons. The van der Waals surface area contributed by atoms with Gasteiger partial charge in [-0.2, -0.15) is 10.2 Å². The molecule has 0 saturated carbocycles. The molecule has 2 aromatic carbocycles. The number of esters is 2. The summed E-state index contributed by atoms with van der Waals surface area (Å²) < 4.78 is 14.5. The second-order valence-electron chi connectivity index (χ2n) is 6.79. The highest BCUT2D eigenvalue weighted by atomic mass is 16.5. The summed E-state index contributed by atoms with van der Waals surface area (Å²) in [6, 6.07) is 15.4. The van der Waals surface area contributed by atoms with Crippen LogP contribution in [0.15, 0.2) is 75.3 Å². The summed E-state index contributed by atoms with van der Waals surface area (Å²) >= 11 is 0. The van der Waals surface area contributed by atoms with E-state index in [0.717, 1.165) is 0 Å². The van der Waals surface area contributed by atoms with Gasteiger partial charge in [0.25, 0.3) is 0 Å². The number of hydrogen-bond acceptors (Lipinski definition) is 9. The number of methoxy groups -OCH3 is 2. The molecule has 0 saturated heterocycles. The van der Waals surface area contributed by atoms with Gasteiger partial charge in [0.2, 0.25) is 0 Å². The van der Waals surface area contributed by atoms with Gasteiger partial charge in [0.05, 0.1) is 37.8 Å². The first-order valence-electron chi connectivity index (χ1n) is 10.0. The molecule has 0 fully saturated rings. The van der Waals surface area contributed by atoms with Gasteiger partial charge in [-0.15, -0.1) is 0 Å². The van der Waals surface area contributed by atoms with Crippen molar-refractivity contribution in [2.24, 2.45) is 10.2 Å². The Morgan fingerprint density at radius 2 is 1.03 bits per heavy atom. The van der Waals surface area contributed by atoms with Crippen molar-refractivity contribution in [1.29, 1.82) is 0 Å². The summed E-state index contributed by atoms with van der Waals surface area (Å²) in [5, 5.41) is 7.64. The largest absolute Gasteiger partial charge is 0.465 e. The number of ether oxygens (including phenoxy) is 2. The van der Waals surface area contributed by atoms with Gasteiger partial charge < -0.3 is 13.9 Å². The second-order valence-corrected chi connectivity index (χ2v) is 6.79. The van der Waals surface area contributed by atoms with Crippen LogP contribution in [0.5, 0.6) is 0 Å². The van der Waals surface area contributed by atoms with E-state index >= 15 is 0 Å². The van der Waals surface area contributed by atoms with Crippen molar-refractivity contribution >= 4 is 36.2 Å². The Balaban J connectivity index is 1.51. The highest BCUT2D eigenvalue weighted by Gasteiger charge is 2.15. The van der Waals surface area contributed by atoms with E-state index < -0.39 is 23.8 Å². The Bertz CT molecular complexity index is 1180. The Hall–Kier alpha value is -5.06. The van der Waals surface area contributed by atoms with Crippen LogP contribution in [-0.2, 0) is 9.47 Å². The third-order valence-electron chi connectivity index (χ3n) is 4.48. The molecular formula is C24H20N4O7. The van der Waals surface area contributed by atoms with E-state index in [4.69, 9.17) is 4.42 Å². The fraction of sp³-hybridized carbons (Fsp3) is 0.0833. The number of rotatable bonds is 8. The van der Waals surface area contributed by atoms with E-state index in [2.05, 4.69) is 30.5 Å². The molecule has 1 aromatic heterocycles. The first kappa shape index (κ1) is 24.6. The quantitative estimate of drug-likeness (QED) is 0.288. The van der Waals surface area contributed by atoms with E-state index in [-0.39, 0.29) is 11.5 Å². The van der Waals surface area contributed by atoms with Gasteiger partial charge in [0.1, 0.15) is 0 Å². The average Bonchev–Trinajstić information content (AvgIpc) is 3.39. The number of amides is 2. The van der Waals surface area contributed by atoms with Crippen molar-refractivity contribution in [2.75, 3.05) is 14.2 Å². The van der Waals surface area contributed by atoms with Crippen molar-refractivity contribution in [1.82, 2.24) is 10.9 Å². The van der Waals surface area contributed by atoms with Gasteiger partial charge in [-0.25, -0.2) is 20.4 Å². The fourth-order valence-electron chi connectivity index (χ4n) is 2.67. The highest BCUT2D eigenvalue weighted by Crippen LogP contribution is 2.09. The van der Waals surface area contributed by atoms with Gasteiger partial charge in [0, 0.05) is 0 Å². The number of hydrogen-bond donors (Lipinski definition) is 2. The smallest absolute Gasteiger partial charge is 0.337 e. The molecular weight excluding hydrogens is 456 g/mol. The summed E-state index contributed by atoms with van der Waals surface area (Å²) in [5.74, 6) is -2.51. The Morgan fingerprint density at radius 3 is 1.37 bits per heavy atom. The third kappa shape index (κ3) is 6.71. The zero-order valence-corrected chi connectivity index (χ0v) is 18.7. The van der Waals surface area contributed by atoms with Crippen LogP contribution < -0.4 is 10.9 Å². The van der Waals surface area contributed by atoms with E-state index in [0.29, 0.717) is 22.3 Å². The molecule has 2 amide bonds. The number of furan rings is 1. The number of carbonyl (C=O) groups excluding carboxylic acids is 4. The molecule has 3 rings (SSSR count). The minimum absolute atomic E-state index is 0.129. The molecule has 0 unspecified atom stereocenters. The molecule has 3 aromatic rings. The lowest BCUT2D eigenvalue weighted by molar-refractivity contribution is 0.0592. The van der Waals surface area contributed by atoms with Crippen LogP contribution in [0.25, 0.3) is 0 Å². The molecule has 0 atom stereocenters. The number of benzene rings is 2. The zero-order chi connectivity index (χ0) is 25.2. The van der Waals surface area contributed by atoms with Gasteiger partial charge >= 0.3 is 23.8 Å². The molecule has 178 valence electrons. The van der Waals surface area contributed by atoms with Crippen molar-refractivity contribution in [3.05, 3.63) is 94.4 Å². The maximum atomic E-state index is 12.2. The summed E-state index contributed by atoms with van der Waals surface area (Å²) in [5.41, 5.74) is 6.60. The number of carbonyl (C=O) groups is 4. The maximum Gasteiger partial charge on any atom is 0.337 e. The fourth-order valence-corrected chi connectivity index (χ4v) is 2.67. The van der Waals surface area contributed by atoms with Crippen molar-refractivity contribution in [3.8, 4) is 0 Å². The predicted octanol–water partition coefficient (Wildman–Crippen LogP) is 2.38. The van der Waals surface area contributed by atoms with Gasteiger partial charge in [-0.3, -0.25) is 9.59 Å². The predicted molar refractivity (Wildman–Crippen MR) is 124 cm³/mol. The van der Waals surface area contributed by atoms with E-state index in [1.54, 1.807) is 48.5 Å². The Labute approximate surface area is 199 Å². The first-order chi connectivity index (χ1) is 16.9. The molecule has 11 nitrogen and oxygen atoms in total. The van der Waals surface area contributed by atoms with Crippen molar-refractivity contribution in [3.63, 3.8) is 0 Å². The van der Waals surface area contributed by atoms with Gasteiger partial charge in [-0.1, -0.05) is 24.3 Å². The standard InChI is InChI=1S/C24H20N4O7/c1-33-23(31)17-7-3-15(4-8-17)13-25-27-21(29)19-11-12-20(35-19)22(30)28-26-14-16-5-9-18(10-6-16)24(32)34-2/h3-14H,1-2H3,(H,27,29)(H,28,30)/b25-13+,26-14+.